The minimum atomic E-state index is -4.73. The Hall–Kier alpha value is -4.47. The highest BCUT2D eigenvalue weighted by Crippen LogP contribution is 2.41. The Morgan fingerprint density at radius 2 is 1.91 bits per heavy atom. The number of thiazole rings is 1. The highest BCUT2D eigenvalue weighted by Gasteiger charge is 2.45. The third-order valence-corrected chi connectivity index (χ3v) is 8.85. The molecule has 1 fully saturated rings. The van der Waals surface area contributed by atoms with E-state index in [4.69, 9.17) is 0 Å². The second kappa shape index (κ2) is 10.7. The zero-order valence-electron chi connectivity index (χ0n) is 22.7. The summed E-state index contributed by atoms with van der Waals surface area (Å²) in [5.41, 5.74) is 1.84. The smallest absolute Gasteiger partial charge is 0.334 e. The number of rotatable bonds is 5. The van der Waals surface area contributed by atoms with Gasteiger partial charge in [0.05, 0.1) is 17.6 Å². The number of aryl methyl sites for hydroxylation is 1. The number of benzene rings is 2. The highest BCUT2D eigenvalue weighted by molar-refractivity contribution is 7.13. The molecule has 1 unspecified atom stereocenters. The van der Waals surface area contributed by atoms with E-state index in [0.717, 1.165) is 37.8 Å². The molecular formula is C31H25F3N6O2S. The maximum atomic E-state index is 14.4. The average molecular weight is 603 g/mol. The average Bonchev–Trinajstić information content (AvgIpc) is 3.74. The van der Waals surface area contributed by atoms with E-state index in [1.165, 1.54) is 34.1 Å². The number of nitrogens with zero attached hydrogens (tertiary/aromatic N) is 4. The van der Waals surface area contributed by atoms with E-state index in [2.05, 4.69) is 32.4 Å². The molecule has 3 aliphatic heterocycles. The van der Waals surface area contributed by atoms with E-state index < -0.39 is 36.1 Å². The van der Waals surface area contributed by atoms with Gasteiger partial charge in [0, 0.05) is 66.1 Å². The molecule has 218 valence electrons. The summed E-state index contributed by atoms with van der Waals surface area (Å²) in [6.07, 6.45) is -0.0960. The summed E-state index contributed by atoms with van der Waals surface area (Å²) in [4.78, 5) is 37.2. The summed E-state index contributed by atoms with van der Waals surface area (Å²) in [5.74, 6) is 4.95. The van der Waals surface area contributed by atoms with Crippen LogP contribution < -0.4 is 10.6 Å². The number of carbonyl (C=O) groups is 2. The fourth-order valence-electron chi connectivity index (χ4n) is 5.88. The van der Waals surface area contributed by atoms with Crippen LogP contribution in [0.3, 0.4) is 0 Å². The van der Waals surface area contributed by atoms with Crippen molar-refractivity contribution in [3.05, 3.63) is 99.1 Å². The maximum Gasteiger partial charge on any atom is 0.416 e. The Labute approximate surface area is 249 Å². The van der Waals surface area contributed by atoms with Crippen molar-refractivity contribution in [2.24, 2.45) is 0 Å². The van der Waals surface area contributed by atoms with Crippen LogP contribution in [0, 0.1) is 11.8 Å². The summed E-state index contributed by atoms with van der Waals surface area (Å²) in [6.45, 7) is 2.17. The second-order valence-electron chi connectivity index (χ2n) is 10.8. The van der Waals surface area contributed by atoms with E-state index in [1.54, 1.807) is 11.7 Å². The summed E-state index contributed by atoms with van der Waals surface area (Å²) >= 11 is 1.20. The first kappa shape index (κ1) is 27.4. The van der Waals surface area contributed by atoms with E-state index in [1.807, 2.05) is 28.8 Å². The molecule has 3 aliphatic rings. The van der Waals surface area contributed by atoms with Gasteiger partial charge in [-0.05, 0) is 48.2 Å². The molecule has 7 rings (SSSR count). The molecule has 12 heteroatoms. The molecule has 8 nitrogen and oxygen atoms in total. The molecule has 2 N–H and O–H groups in total. The van der Waals surface area contributed by atoms with Crippen molar-refractivity contribution < 1.29 is 22.8 Å². The van der Waals surface area contributed by atoms with Gasteiger partial charge in [0.25, 0.3) is 11.8 Å². The topological polar surface area (TPSA) is 92.2 Å². The predicted octanol–water partition coefficient (Wildman–Crippen LogP) is 4.73. The predicted molar refractivity (Wildman–Crippen MR) is 153 cm³/mol. The molecule has 0 saturated carbocycles. The van der Waals surface area contributed by atoms with Crippen molar-refractivity contribution in [2.75, 3.05) is 18.4 Å². The van der Waals surface area contributed by atoms with E-state index in [0.29, 0.717) is 28.7 Å². The van der Waals surface area contributed by atoms with Gasteiger partial charge in [-0.2, -0.15) is 13.2 Å². The third-order valence-electron chi connectivity index (χ3n) is 8.16. The quantitative estimate of drug-likeness (QED) is 0.323. The van der Waals surface area contributed by atoms with Gasteiger partial charge in [0.2, 0.25) is 0 Å². The van der Waals surface area contributed by atoms with Crippen LogP contribution in [0.5, 0.6) is 0 Å². The van der Waals surface area contributed by atoms with Gasteiger partial charge in [-0.25, -0.2) is 9.97 Å². The van der Waals surface area contributed by atoms with Crippen LogP contribution in [0.4, 0.5) is 18.3 Å². The number of nitrogens with one attached hydrogen (secondary N) is 2. The Morgan fingerprint density at radius 3 is 2.60 bits per heavy atom. The summed E-state index contributed by atoms with van der Waals surface area (Å²) in [7, 11) is 0. The van der Waals surface area contributed by atoms with Gasteiger partial charge in [-0.3, -0.25) is 14.9 Å². The second-order valence-corrected chi connectivity index (χ2v) is 11.7. The Balaban J connectivity index is 1.24. The molecule has 2 aromatic heterocycles. The molecule has 0 bridgehead atoms. The van der Waals surface area contributed by atoms with Crippen molar-refractivity contribution in [3.8, 4) is 11.8 Å². The molecule has 5 heterocycles. The molecule has 1 atom stereocenters. The molecule has 2 amide bonds. The zero-order chi connectivity index (χ0) is 29.7. The number of alkyl halides is 3. The standard InChI is InChI=1S/C31H25F3N6O2S/c32-31(33,34)24-13-19(4-3-18-5-7-20(8-6-18)21-14-35-15-21)12-22-23(24)16-40(29(22)42)27(28(41)38-30-36-9-11-43-30)26-25-2-1-10-39(25)17-37-26/h5-9,11-13,17,21,27,35H,1-2,10,14-16H2,(H,36,38,41). The Morgan fingerprint density at radius 1 is 1.12 bits per heavy atom. The third kappa shape index (κ3) is 5.08. The highest BCUT2D eigenvalue weighted by atomic mass is 32.1. The van der Waals surface area contributed by atoms with Crippen LogP contribution >= 0.6 is 11.3 Å². The first-order valence-corrected chi connectivity index (χ1v) is 14.8. The van der Waals surface area contributed by atoms with Crippen molar-refractivity contribution in [3.63, 3.8) is 0 Å². The summed E-state index contributed by atoms with van der Waals surface area (Å²) < 4.78 is 45.1. The lowest BCUT2D eigenvalue weighted by Crippen LogP contribution is -2.39. The molecule has 43 heavy (non-hydrogen) atoms. The Bertz CT molecular complexity index is 1780. The molecular weight excluding hydrogens is 577 g/mol. The lowest BCUT2D eigenvalue weighted by molar-refractivity contribution is -0.138. The van der Waals surface area contributed by atoms with E-state index >= 15 is 0 Å². The van der Waals surface area contributed by atoms with Gasteiger partial charge in [0.1, 0.15) is 0 Å². The normalized spacial score (nSPS) is 16.7. The van der Waals surface area contributed by atoms with Crippen molar-refractivity contribution in [1.29, 1.82) is 0 Å². The molecule has 0 spiro atoms. The number of anilines is 1. The number of fused-ring (bicyclic) bond motifs is 2. The Kier molecular flexibility index (Phi) is 6.79. The fourth-order valence-corrected chi connectivity index (χ4v) is 6.41. The van der Waals surface area contributed by atoms with Crippen LogP contribution in [0.25, 0.3) is 0 Å². The van der Waals surface area contributed by atoms with Crippen molar-refractivity contribution in [1.82, 2.24) is 24.8 Å². The van der Waals surface area contributed by atoms with E-state index in [-0.39, 0.29) is 16.7 Å². The van der Waals surface area contributed by atoms with Gasteiger partial charge in [0.15, 0.2) is 11.2 Å². The number of hydrogen-bond acceptors (Lipinski definition) is 6. The van der Waals surface area contributed by atoms with Crippen LogP contribution in [0.2, 0.25) is 0 Å². The molecule has 1 saturated heterocycles. The number of halogens is 3. The van der Waals surface area contributed by atoms with Gasteiger partial charge < -0.3 is 14.8 Å². The first-order valence-electron chi connectivity index (χ1n) is 13.9. The van der Waals surface area contributed by atoms with Gasteiger partial charge in [-0.15, -0.1) is 11.3 Å². The van der Waals surface area contributed by atoms with Crippen molar-refractivity contribution >= 4 is 28.3 Å². The lowest BCUT2D eigenvalue weighted by atomic mass is 9.93. The van der Waals surface area contributed by atoms with Crippen LogP contribution in [-0.2, 0) is 30.5 Å². The van der Waals surface area contributed by atoms with Crippen LogP contribution in [-0.4, -0.2) is 44.3 Å². The number of hydrogen-bond donors (Lipinski definition) is 2. The molecule has 2 aromatic carbocycles. The fraction of sp³-hybridized carbons (Fsp3) is 0.290. The first-order chi connectivity index (χ1) is 20.8. The SMILES string of the molecule is O=C(Nc1nccs1)C(c1ncn2c1CCC2)N1Cc2c(cc(C#Cc3ccc(C4CNC4)cc3)cc2C(F)(F)F)C1=O. The largest absolute Gasteiger partial charge is 0.416 e. The molecule has 0 radical (unpaired) electrons. The number of amides is 2. The number of carbonyl (C=O) groups excluding carboxylic acids is 2. The molecule has 4 aromatic rings. The maximum absolute atomic E-state index is 14.4. The van der Waals surface area contributed by atoms with Crippen LogP contribution in [0.1, 0.15) is 67.9 Å². The van der Waals surface area contributed by atoms with Crippen LogP contribution in [0.15, 0.2) is 54.3 Å². The monoisotopic (exact) mass is 602 g/mol. The van der Waals surface area contributed by atoms with E-state index in [9.17, 15) is 22.8 Å². The number of aromatic nitrogens is 3. The van der Waals surface area contributed by atoms with Gasteiger partial charge >= 0.3 is 6.18 Å². The summed E-state index contributed by atoms with van der Waals surface area (Å²) in [6, 6.07) is 8.78. The minimum absolute atomic E-state index is 0.0696. The minimum Gasteiger partial charge on any atom is -0.334 e. The van der Waals surface area contributed by atoms with Crippen molar-refractivity contribution in [2.45, 2.75) is 44.1 Å². The number of imidazole rings is 1. The zero-order valence-corrected chi connectivity index (χ0v) is 23.6. The van der Waals surface area contributed by atoms with Gasteiger partial charge in [-0.1, -0.05) is 24.0 Å². The summed E-state index contributed by atoms with van der Waals surface area (Å²) in [5, 5.41) is 7.95. The molecule has 0 aliphatic carbocycles. The lowest BCUT2D eigenvalue weighted by Gasteiger charge is -2.27.